The predicted molar refractivity (Wildman–Crippen MR) is 83.1 cm³/mol. The van der Waals surface area contributed by atoms with Gasteiger partial charge in [0.1, 0.15) is 0 Å². The molecule has 24 heavy (non-hydrogen) atoms. The number of rotatable bonds is 2. The average Bonchev–Trinajstić information content (AvgIpc) is 2.78. The van der Waals surface area contributed by atoms with Gasteiger partial charge in [0.2, 0.25) is 0 Å². The molecule has 6 heteroatoms. The number of carbonyl (C=O) groups is 2. The lowest BCUT2D eigenvalue weighted by molar-refractivity contribution is -0.137. The highest BCUT2D eigenvalue weighted by Gasteiger charge is 2.42. The van der Waals surface area contributed by atoms with Crippen molar-refractivity contribution in [1.29, 1.82) is 0 Å². The van der Waals surface area contributed by atoms with Crippen molar-refractivity contribution < 1.29 is 22.8 Å². The molecule has 1 aliphatic heterocycles. The van der Waals surface area contributed by atoms with Crippen molar-refractivity contribution in [2.45, 2.75) is 25.9 Å². The van der Waals surface area contributed by atoms with Crippen LogP contribution in [-0.2, 0) is 6.18 Å². The minimum Gasteiger partial charge on any atom is -0.268 e. The molecule has 2 amide bonds. The quantitative estimate of drug-likeness (QED) is 0.752. The SMILES string of the molecule is CC(C)c1ccc(N2C(=O)c3ccccc3C2=O)c(C(F)(F)F)c1. The number of halogens is 3. The van der Waals surface area contributed by atoms with Crippen molar-refractivity contribution in [3.8, 4) is 0 Å². The van der Waals surface area contributed by atoms with Crippen LogP contribution in [0.3, 0.4) is 0 Å². The van der Waals surface area contributed by atoms with Crippen molar-refractivity contribution in [2.75, 3.05) is 4.90 Å². The lowest BCUT2D eigenvalue weighted by atomic mass is 9.99. The lowest BCUT2D eigenvalue weighted by Gasteiger charge is -2.21. The summed E-state index contributed by atoms with van der Waals surface area (Å²) in [5, 5.41) is 0. The zero-order valence-electron chi connectivity index (χ0n) is 13.0. The largest absolute Gasteiger partial charge is 0.418 e. The van der Waals surface area contributed by atoms with Crippen LogP contribution in [0, 0.1) is 0 Å². The van der Waals surface area contributed by atoms with E-state index in [0.29, 0.717) is 10.5 Å². The summed E-state index contributed by atoms with van der Waals surface area (Å²) >= 11 is 0. The van der Waals surface area contributed by atoms with Gasteiger partial charge in [0, 0.05) is 0 Å². The number of imide groups is 1. The van der Waals surface area contributed by atoms with Crippen LogP contribution in [0.15, 0.2) is 42.5 Å². The molecule has 0 saturated heterocycles. The van der Waals surface area contributed by atoms with Gasteiger partial charge in [-0.1, -0.05) is 32.0 Å². The van der Waals surface area contributed by atoms with Gasteiger partial charge in [0.15, 0.2) is 0 Å². The van der Waals surface area contributed by atoms with Crippen molar-refractivity contribution >= 4 is 17.5 Å². The number of anilines is 1. The van der Waals surface area contributed by atoms with E-state index >= 15 is 0 Å². The van der Waals surface area contributed by atoms with Crippen molar-refractivity contribution in [3.63, 3.8) is 0 Å². The fourth-order valence-corrected chi connectivity index (χ4v) is 2.74. The standard InChI is InChI=1S/C18H14F3NO2/c1-10(2)11-7-8-15(14(9-11)18(19,20)21)22-16(23)12-5-3-4-6-13(12)17(22)24/h3-10H,1-2H3. The van der Waals surface area contributed by atoms with E-state index in [-0.39, 0.29) is 17.0 Å². The Bertz CT molecular complexity index is 805. The molecule has 0 radical (unpaired) electrons. The van der Waals surface area contributed by atoms with Crippen LogP contribution < -0.4 is 4.90 Å². The van der Waals surface area contributed by atoms with Gasteiger partial charge < -0.3 is 0 Å². The minimum absolute atomic E-state index is 0.109. The van der Waals surface area contributed by atoms with E-state index in [1.165, 1.54) is 24.3 Å². The first-order chi connectivity index (χ1) is 11.2. The Morgan fingerprint density at radius 2 is 1.46 bits per heavy atom. The third kappa shape index (κ3) is 2.48. The van der Waals surface area contributed by atoms with Crippen molar-refractivity contribution in [3.05, 3.63) is 64.7 Å². The van der Waals surface area contributed by atoms with E-state index < -0.39 is 29.2 Å². The number of carbonyl (C=O) groups excluding carboxylic acids is 2. The van der Waals surface area contributed by atoms with E-state index in [9.17, 15) is 22.8 Å². The van der Waals surface area contributed by atoms with Gasteiger partial charge in [-0.3, -0.25) is 9.59 Å². The average molecular weight is 333 g/mol. The maximum Gasteiger partial charge on any atom is 0.418 e. The van der Waals surface area contributed by atoms with E-state index in [1.54, 1.807) is 26.0 Å². The number of benzene rings is 2. The number of amides is 2. The number of nitrogens with zero attached hydrogens (tertiary/aromatic N) is 1. The summed E-state index contributed by atoms with van der Waals surface area (Å²) < 4.78 is 40.4. The second-order valence-electron chi connectivity index (χ2n) is 5.92. The van der Waals surface area contributed by atoms with Crippen molar-refractivity contribution in [2.24, 2.45) is 0 Å². The zero-order chi connectivity index (χ0) is 17.6. The molecule has 0 N–H and O–H groups in total. The summed E-state index contributed by atoms with van der Waals surface area (Å²) in [6.45, 7) is 3.55. The Labute approximate surface area is 136 Å². The van der Waals surface area contributed by atoms with Crippen LogP contribution in [-0.4, -0.2) is 11.8 Å². The maximum atomic E-state index is 13.5. The van der Waals surface area contributed by atoms with Crippen LogP contribution in [0.5, 0.6) is 0 Å². The Hall–Kier alpha value is -2.63. The number of alkyl halides is 3. The highest BCUT2D eigenvalue weighted by Crippen LogP contribution is 2.40. The molecule has 124 valence electrons. The molecule has 0 atom stereocenters. The van der Waals surface area contributed by atoms with E-state index in [2.05, 4.69) is 0 Å². The topological polar surface area (TPSA) is 37.4 Å². The van der Waals surface area contributed by atoms with Crippen LogP contribution in [0.1, 0.15) is 51.6 Å². The summed E-state index contributed by atoms with van der Waals surface area (Å²) in [7, 11) is 0. The maximum absolute atomic E-state index is 13.5. The Morgan fingerprint density at radius 1 is 0.917 bits per heavy atom. The summed E-state index contributed by atoms with van der Waals surface area (Å²) in [4.78, 5) is 25.5. The van der Waals surface area contributed by atoms with Gasteiger partial charge >= 0.3 is 6.18 Å². The second kappa shape index (κ2) is 5.47. The highest BCUT2D eigenvalue weighted by atomic mass is 19.4. The zero-order valence-corrected chi connectivity index (χ0v) is 13.0. The van der Waals surface area contributed by atoms with Crippen LogP contribution in [0.2, 0.25) is 0 Å². The smallest absolute Gasteiger partial charge is 0.268 e. The van der Waals surface area contributed by atoms with E-state index in [4.69, 9.17) is 0 Å². The Balaban J connectivity index is 2.17. The van der Waals surface area contributed by atoms with E-state index in [0.717, 1.165) is 6.07 Å². The minimum atomic E-state index is -4.67. The lowest BCUT2D eigenvalue weighted by Crippen LogP contribution is -2.31. The molecule has 0 aliphatic carbocycles. The fourth-order valence-electron chi connectivity index (χ4n) is 2.74. The molecular weight excluding hydrogens is 319 g/mol. The molecule has 3 nitrogen and oxygen atoms in total. The normalized spacial score (nSPS) is 14.5. The highest BCUT2D eigenvalue weighted by molar-refractivity contribution is 6.34. The molecule has 3 rings (SSSR count). The summed E-state index contributed by atoms with van der Waals surface area (Å²) in [5.41, 5.74) is -0.698. The predicted octanol–water partition coefficient (Wildman–Crippen LogP) is 4.63. The molecule has 2 aromatic rings. The first-order valence-electron chi connectivity index (χ1n) is 7.40. The van der Waals surface area contributed by atoms with Crippen LogP contribution >= 0.6 is 0 Å². The molecule has 0 unspecified atom stereocenters. The first-order valence-corrected chi connectivity index (χ1v) is 7.40. The van der Waals surface area contributed by atoms with Gasteiger partial charge in [-0.15, -0.1) is 0 Å². The Kier molecular flexibility index (Phi) is 3.70. The van der Waals surface area contributed by atoms with Gasteiger partial charge in [0.25, 0.3) is 11.8 Å². The molecule has 1 heterocycles. The molecule has 1 aliphatic rings. The second-order valence-corrected chi connectivity index (χ2v) is 5.92. The van der Waals surface area contributed by atoms with Gasteiger partial charge in [-0.05, 0) is 35.7 Å². The monoisotopic (exact) mass is 333 g/mol. The number of hydrogen-bond donors (Lipinski definition) is 0. The number of fused-ring (bicyclic) bond motifs is 1. The number of hydrogen-bond acceptors (Lipinski definition) is 2. The third-order valence-electron chi connectivity index (χ3n) is 4.03. The van der Waals surface area contributed by atoms with Gasteiger partial charge in [-0.25, -0.2) is 4.90 Å². The van der Waals surface area contributed by atoms with Crippen LogP contribution in [0.4, 0.5) is 18.9 Å². The summed E-state index contributed by atoms with van der Waals surface area (Å²) in [6.07, 6.45) is -4.67. The van der Waals surface area contributed by atoms with Crippen molar-refractivity contribution in [1.82, 2.24) is 0 Å². The van der Waals surface area contributed by atoms with Crippen LogP contribution in [0.25, 0.3) is 0 Å². The Morgan fingerprint density at radius 3 is 1.92 bits per heavy atom. The first kappa shape index (κ1) is 16.2. The van der Waals surface area contributed by atoms with Gasteiger partial charge in [0.05, 0.1) is 22.4 Å². The summed E-state index contributed by atoms with van der Waals surface area (Å²) in [5.74, 6) is -1.58. The molecule has 0 fully saturated rings. The fraction of sp³-hybridized carbons (Fsp3) is 0.222. The molecular formula is C18H14F3NO2. The van der Waals surface area contributed by atoms with E-state index in [1.807, 2.05) is 0 Å². The summed E-state index contributed by atoms with van der Waals surface area (Å²) in [6, 6.07) is 9.72. The van der Waals surface area contributed by atoms with Gasteiger partial charge in [-0.2, -0.15) is 13.2 Å². The third-order valence-corrected chi connectivity index (χ3v) is 4.03. The molecule has 0 saturated carbocycles. The molecule has 2 aromatic carbocycles. The molecule has 0 aromatic heterocycles. The molecule has 0 spiro atoms. The molecule has 0 bridgehead atoms.